The largest absolute Gasteiger partial charge is 0.387 e. The fourth-order valence-electron chi connectivity index (χ4n) is 2.79. The van der Waals surface area contributed by atoms with E-state index >= 15 is 0 Å². The molecule has 0 heterocycles. The molecule has 0 radical (unpaired) electrons. The molecule has 152 valence electrons. The highest BCUT2D eigenvalue weighted by molar-refractivity contribution is 7.90. The van der Waals surface area contributed by atoms with Crippen LogP contribution in [-0.2, 0) is 16.4 Å². The second-order valence-corrected chi connectivity index (χ2v) is 8.88. The highest BCUT2D eigenvalue weighted by Gasteiger charge is 2.12. The van der Waals surface area contributed by atoms with Crippen LogP contribution in [0.5, 0.6) is 0 Å². The lowest BCUT2D eigenvalue weighted by Crippen LogP contribution is -2.39. The van der Waals surface area contributed by atoms with Crippen LogP contribution < -0.4 is 10.6 Å². The first-order valence-electron chi connectivity index (χ1n) is 8.96. The molecule has 8 heteroatoms. The minimum absolute atomic E-state index is 0.252. The number of benzene rings is 2. The fourth-order valence-corrected chi connectivity index (χ4v) is 4.01. The normalized spacial score (nSPS) is 13.2. The Hall–Kier alpha value is -2.09. The zero-order valence-electron chi connectivity index (χ0n) is 16.2. The van der Waals surface area contributed by atoms with Crippen molar-refractivity contribution in [3.8, 4) is 0 Å². The number of aliphatic imine (C=N–C) groups is 1. The third-order valence-corrected chi connectivity index (χ3v) is 5.73. The van der Waals surface area contributed by atoms with Crippen molar-refractivity contribution in [2.45, 2.75) is 31.4 Å². The number of nitrogens with zero attached hydrogens (tertiary/aromatic N) is 1. The van der Waals surface area contributed by atoms with Gasteiger partial charge in [-0.2, -0.15) is 0 Å². The van der Waals surface area contributed by atoms with E-state index < -0.39 is 15.9 Å². The zero-order chi connectivity index (χ0) is 20.7. The molecule has 0 saturated heterocycles. The van der Waals surface area contributed by atoms with Crippen LogP contribution in [0.4, 0.5) is 0 Å². The van der Waals surface area contributed by atoms with Gasteiger partial charge in [-0.25, -0.2) is 13.4 Å². The predicted molar refractivity (Wildman–Crippen MR) is 114 cm³/mol. The lowest BCUT2D eigenvalue weighted by atomic mass is 10.1. The van der Waals surface area contributed by atoms with E-state index in [1.807, 2.05) is 25.1 Å². The van der Waals surface area contributed by atoms with Gasteiger partial charge >= 0.3 is 0 Å². The van der Waals surface area contributed by atoms with Gasteiger partial charge in [0.15, 0.2) is 15.8 Å². The summed E-state index contributed by atoms with van der Waals surface area (Å²) in [4.78, 5) is 4.83. The van der Waals surface area contributed by atoms with Gasteiger partial charge in [0.05, 0.1) is 17.5 Å². The Bertz CT molecular complexity index is 945. The summed E-state index contributed by atoms with van der Waals surface area (Å²) < 4.78 is 23.5. The first kappa shape index (κ1) is 22.2. The average molecular weight is 424 g/mol. The molecule has 1 unspecified atom stereocenters. The first-order chi connectivity index (χ1) is 13.2. The van der Waals surface area contributed by atoms with Crippen molar-refractivity contribution < 1.29 is 13.5 Å². The standard InChI is InChI=1S/C20H26ClN3O3S/c1-4-22-20(24-13-18(25)16-7-5-6-8-17(16)21)23-12-15-9-10-19(14(2)11-15)28(3,26)27/h5-11,18,25H,4,12-13H2,1-3H3,(H2,22,23,24). The van der Waals surface area contributed by atoms with Gasteiger partial charge in [0.2, 0.25) is 0 Å². The first-order valence-corrected chi connectivity index (χ1v) is 11.2. The van der Waals surface area contributed by atoms with Gasteiger partial charge in [-0.1, -0.05) is 41.9 Å². The van der Waals surface area contributed by atoms with Crippen molar-refractivity contribution in [1.82, 2.24) is 10.6 Å². The van der Waals surface area contributed by atoms with Crippen molar-refractivity contribution >= 4 is 27.4 Å². The Morgan fingerprint density at radius 2 is 1.93 bits per heavy atom. The second kappa shape index (κ2) is 9.91. The van der Waals surface area contributed by atoms with Crippen molar-refractivity contribution in [1.29, 1.82) is 0 Å². The van der Waals surface area contributed by atoms with E-state index in [9.17, 15) is 13.5 Å². The number of hydrogen-bond acceptors (Lipinski definition) is 4. The van der Waals surface area contributed by atoms with Gasteiger partial charge in [-0.15, -0.1) is 0 Å². The zero-order valence-corrected chi connectivity index (χ0v) is 17.8. The number of sulfone groups is 1. The molecule has 0 aliphatic rings. The van der Waals surface area contributed by atoms with Gasteiger partial charge in [0.1, 0.15) is 0 Å². The van der Waals surface area contributed by atoms with Crippen LogP contribution >= 0.6 is 11.6 Å². The van der Waals surface area contributed by atoms with E-state index in [-0.39, 0.29) is 6.54 Å². The van der Waals surface area contributed by atoms with Crippen LogP contribution in [0.2, 0.25) is 5.02 Å². The number of guanidine groups is 1. The molecule has 0 aliphatic carbocycles. The number of aliphatic hydroxyl groups excluding tert-OH is 1. The lowest BCUT2D eigenvalue weighted by molar-refractivity contribution is 0.181. The van der Waals surface area contributed by atoms with E-state index in [2.05, 4.69) is 15.6 Å². The van der Waals surface area contributed by atoms with E-state index in [1.165, 1.54) is 6.26 Å². The quantitative estimate of drug-likeness (QED) is 0.470. The molecular formula is C20H26ClN3O3S. The fraction of sp³-hybridized carbons (Fsp3) is 0.350. The maximum Gasteiger partial charge on any atom is 0.191 e. The van der Waals surface area contributed by atoms with Gasteiger partial charge in [-0.05, 0) is 37.1 Å². The molecule has 28 heavy (non-hydrogen) atoms. The van der Waals surface area contributed by atoms with E-state index in [1.54, 1.807) is 31.2 Å². The number of rotatable bonds is 7. The molecule has 1 atom stereocenters. The molecule has 2 aromatic carbocycles. The number of aliphatic hydroxyl groups is 1. The van der Waals surface area contributed by atoms with E-state index in [0.29, 0.717) is 40.1 Å². The van der Waals surface area contributed by atoms with Crippen molar-refractivity contribution in [2.75, 3.05) is 19.3 Å². The van der Waals surface area contributed by atoms with Crippen molar-refractivity contribution in [2.24, 2.45) is 4.99 Å². The number of aryl methyl sites for hydroxylation is 1. The number of hydrogen-bond donors (Lipinski definition) is 3. The summed E-state index contributed by atoms with van der Waals surface area (Å²) in [6.07, 6.45) is 0.429. The Balaban J connectivity index is 2.06. The molecule has 0 aromatic heterocycles. The third-order valence-electron chi connectivity index (χ3n) is 4.13. The van der Waals surface area contributed by atoms with E-state index in [4.69, 9.17) is 11.6 Å². The van der Waals surface area contributed by atoms with Crippen LogP contribution in [0.15, 0.2) is 52.4 Å². The lowest BCUT2D eigenvalue weighted by Gasteiger charge is -2.16. The van der Waals surface area contributed by atoms with E-state index in [0.717, 1.165) is 5.56 Å². The Morgan fingerprint density at radius 3 is 2.54 bits per heavy atom. The van der Waals surface area contributed by atoms with Crippen LogP contribution in [0.25, 0.3) is 0 Å². The highest BCUT2D eigenvalue weighted by Crippen LogP contribution is 2.22. The summed E-state index contributed by atoms with van der Waals surface area (Å²) in [6.45, 7) is 5.02. The summed E-state index contributed by atoms with van der Waals surface area (Å²) in [7, 11) is -3.24. The maximum absolute atomic E-state index is 11.7. The third kappa shape index (κ3) is 6.22. The van der Waals surface area contributed by atoms with Gasteiger partial charge in [-0.3, -0.25) is 0 Å². The van der Waals surface area contributed by atoms with Crippen molar-refractivity contribution in [3.63, 3.8) is 0 Å². The summed E-state index contributed by atoms with van der Waals surface area (Å²) >= 11 is 6.12. The topological polar surface area (TPSA) is 90.8 Å². The molecule has 0 spiro atoms. The average Bonchev–Trinajstić information content (AvgIpc) is 2.63. The maximum atomic E-state index is 11.7. The monoisotopic (exact) mass is 423 g/mol. The van der Waals surface area contributed by atoms with Gasteiger partial charge < -0.3 is 15.7 Å². The van der Waals surface area contributed by atoms with Crippen LogP contribution in [0, 0.1) is 6.92 Å². The van der Waals surface area contributed by atoms with Crippen molar-refractivity contribution in [3.05, 3.63) is 64.2 Å². The minimum atomic E-state index is -3.24. The summed E-state index contributed by atoms with van der Waals surface area (Å²) in [5, 5.41) is 17.1. The van der Waals surface area contributed by atoms with Gasteiger partial charge in [0.25, 0.3) is 0 Å². The number of halogens is 1. The molecule has 0 bridgehead atoms. The minimum Gasteiger partial charge on any atom is -0.387 e. The second-order valence-electron chi connectivity index (χ2n) is 6.49. The molecule has 2 rings (SSSR count). The molecular weight excluding hydrogens is 398 g/mol. The summed E-state index contributed by atoms with van der Waals surface area (Å²) in [5.41, 5.74) is 2.25. The van der Waals surface area contributed by atoms with Crippen LogP contribution in [-0.4, -0.2) is 38.8 Å². The smallest absolute Gasteiger partial charge is 0.191 e. The molecule has 3 N–H and O–H groups in total. The van der Waals surface area contributed by atoms with Gasteiger partial charge in [0, 0.05) is 29.9 Å². The molecule has 0 amide bonds. The molecule has 0 fully saturated rings. The Morgan fingerprint density at radius 1 is 1.21 bits per heavy atom. The Labute approximate surface area is 171 Å². The SMILES string of the molecule is CCNC(=NCc1ccc(S(C)(=O)=O)c(C)c1)NCC(O)c1ccccc1Cl. The highest BCUT2D eigenvalue weighted by atomic mass is 35.5. The molecule has 0 aliphatic heterocycles. The Kier molecular flexibility index (Phi) is 7.86. The van der Waals surface area contributed by atoms with Crippen LogP contribution in [0.1, 0.15) is 29.7 Å². The molecule has 0 saturated carbocycles. The molecule has 2 aromatic rings. The summed E-state index contributed by atoms with van der Waals surface area (Å²) in [6, 6.07) is 12.3. The van der Waals surface area contributed by atoms with Crippen LogP contribution in [0.3, 0.4) is 0 Å². The summed E-state index contributed by atoms with van der Waals surface area (Å²) in [5.74, 6) is 0.554. The predicted octanol–water partition coefficient (Wildman–Crippen LogP) is 2.84. The molecule has 6 nitrogen and oxygen atoms in total. The number of nitrogens with one attached hydrogen (secondary N) is 2.